The number of hydrogen-bond acceptors (Lipinski definition) is 5. The molecule has 0 bridgehead atoms. The van der Waals surface area contributed by atoms with Crippen LogP contribution in [0.4, 0.5) is 5.69 Å². The molecule has 0 saturated carbocycles. The van der Waals surface area contributed by atoms with E-state index in [9.17, 15) is 10.1 Å². The second kappa shape index (κ2) is 7.65. The van der Waals surface area contributed by atoms with Crippen LogP contribution in [0.2, 0.25) is 0 Å². The van der Waals surface area contributed by atoms with Gasteiger partial charge in [-0.2, -0.15) is 0 Å². The Morgan fingerprint density at radius 2 is 1.86 bits per heavy atom. The molecule has 116 valence electrons. The SMILES string of the molecule is COc1ccc(OCCOc2cccc(Br)c2)c([N+](=O)[O-])c1. The highest BCUT2D eigenvalue weighted by molar-refractivity contribution is 9.10. The summed E-state index contributed by atoms with van der Waals surface area (Å²) in [4.78, 5) is 10.5. The molecule has 0 aliphatic rings. The van der Waals surface area contributed by atoms with Crippen LogP contribution in [0.1, 0.15) is 0 Å². The van der Waals surface area contributed by atoms with Gasteiger partial charge in [0.15, 0.2) is 5.75 Å². The Balaban J connectivity index is 1.93. The summed E-state index contributed by atoms with van der Waals surface area (Å²) in [6.07, 6.45) is 0. The molecule has 0 aromatic heterocycles. The summed E-state index contributed by atoms with van der Waals surface area (Å²) < 4.78 is 16.8. The fourth-order valence-electron chi connectivity index (χ4n) is 1.76. The maximum absolute atomic E-state index is 11.0. The Hall–Kier alpha value is -2.28. The van der Waals surface area contributed by atoms with Gasteiger partial charge in [0.2, 0.25) is 0 Å². The zero-order chi connectivity index (χ0) is 15.9. The first-order chi connectivity index (χ1) is 10.6. The van der Waals surface area contributed by atoms with Crippen molar-refractivity contribution in [3.8, 4) is 17.2 Å². The van der Waals surface area contributed by atoms with E-state index in [4.69, 9.17) is 14.2 Å². The molecule has 0 heterocycles. The van der Waals surface area contributed by atoms with Crippen molar-refractivity contribution >= 4 is 21.6 Å². The molecule has 0 fully saturated rings. The first-order valence-corrected chi connectivity index (χ1v) is 7.23. The molecule has 0 radical (unpaired) electrons. The van der Waals surface area contributed by atoms with E-state index in [1.54, 1.807) is 6.07 Å². The molecule has 22 heavy (non-hydrogen) atoms. The van der Waals surface area contributed by atoms with Crippen molar-refractivity contribution in [2.24, 2.45) is 0 Å². The minimum atomic E-state index is -0.507. The quantitative estimate of drug-likeness (QED) is 0.422. The molecular formula is C15H14BrNO5. The average Bonchev–Trinajstić information content (AvgIpc) is 2.51. The zero-order valence-electron chi connectivity index (χ0n) is 11.8. The summed E-state index contributed by atoms with van der Waals surface area (Å²) >= 11 is 3.35. The predicted octanol–water partition coefficient (Wildman–Crippen LogP) is 3.82. The highest BCUT2D eigenvalue weighted by Crippen LogP contribution is 2.30. The van der Waals surface area contributed by atoms with E-state index < -0.39 is 4.92 Å². The van der Waals surface area contributed by atoms with Crippen molar-refractivity contribution in [1.82, 2.24) is 0 Å². The second-order valence-corrected chi connectivity index (χ2v) is 5.16. The number of rotatable bonds is 7. The van der Waals surface area contributed by atoms with E-state index in [1.165, 1.54) is 19.2 Å². The molecule has 2 rings (SSSR count). The van der Waals surface area contributed by atoms with Crippen LogP contribution >= 0.6 is 15.9 Å². The molecule has 0 aliphatic carbocycles. The van der Waals surface area contributed by atoms with E-state index in [1.807, 2.05) is 24.3 Å². The Morgan fingerprint density at radius 1 is 1.09 bits per heavy atom. The maximum atomic E-state index is 11.0. The molecular weight excluding hydrogens is 354 g/mol. The van der Waals surface area contributed by atoms with Crippen LogP contribution in [0, 0.1) is 10.1 Å². The zero-order valence-corrected chi connectivity index (χ0v) is 13.4. The van der Waals surface area contributed by atoms with Crippen molar-refractivity contribution in [3.63, 3.8) is 0 Å². The summed E-state index contributed by atoms with van der Waals surface area (Å²) in [5.41, 5.74) is -0.137. The molecule has 0 aliphatic heterocycles. The summed E-state index contributed by atoms with van der Waals surface area (Å²) in [6, 6.07) is 11.8. The number of nitrogens with zero attached hydrogens (tertiary/aromatic N) is 1. The van der Waals surface area contributed by atoms with Crippen LogP contribution < -0.4 is 14.2 Å². The standard InChI is InChI=1S/C15H14BrNO5/c1-20-12-5-6-15(14(10-12)17(18)19)22-8-7-21-13-4-2-3-11(16)9-13/h2-6,9-10H,7-8H2,1H3. The van der Waals surface area contributed by atoms with E-state index in [2.05, 4.69) is 15.9 Å². The topological polar surface area (TPSA) is 70.8 Å². The Kier molecular flexibility index (Phi) is 5.60. The molecule has 0 spiro atoms. The number of hydrogen-bond donors (Lipinski definition) is 0. The van der Waals surface area contributed by atoms with Crippen molar-refractivity contribution in [3.05, 3.63) is 57.1 Å². The van der Waals surface area contributed by atoms with Crippen molar-refractivity contribution in [1.29, 1.82) is 0 Å². The Labute approximate surface area is 135 Å². The van der Waals surface area contributed by atoms with Crippen LogP contribution in [0.15, 0.2) is 46.9 Å². The number of ether oxygens (including phenoxy) is 3. The van der Waals surface area contributed by atoms with Crippen molar-refractivity contribution in [2.75, 3.05) is 20.3 Å². The second-order valence-electron chi connectivity index (χ2n) is 4.25. The monoisotopic (exact) mass is 367 g/mol. The van der Waals surface area contributed by atoms with Crippen molar-refractivity contribution in [2.45, 2.75) is 0 Å². The largest absolute Gasteiger partial charge is 0.496 e. The van der Waals surface area contributed by atoms with Gasteiger partial charge in [-0.05, 0) is 30.3 Å². The van der Waals surface area contributed by atoms with Gasteiger partial charge in [-0.25, -0.2) is 0 Å². The van der Waals surface area contributed by atoms with Gasteiger partial charge >= 0.3 is 5.69 Å². The molecule has 6 nitrogen and oxygen atoms in total. The highest BCUT2D eigenvalue weighted by Gasteiger charge is 2.16. The number of halogens is 1. The maximum Gasteiger partial charge on any atom is 0.314 e. The first kappa shape index (κ1) is 16.1. The molecule has 7 heteroatoms. The summed E-state index contributed by atoms with van der Waals surface area (Å²) in [5.74, 6) is 1.29. The van der Waals surface area contributed by atoms with Crippen LogP contribution in [0.5, 0.6) is 17.2 Å². The molecule has 2 aromatic carbocycles. The molecule has 0 unspecified atom stereocenters. The number of nitro benzene ring substituents is 1. The smallest absolute Gasteiger partial charge is 0.314 e. The van der Waals surface area contributed by atoms with E-state index in [0.29, 0.717) is 11.5 Å². The van der Waals surface area contributed by atoms with Crippen LogP contribution in [-0.4, -0.2) is 25.2 Å². The van der Waals surface area contributed by atoms with E-state index in [-0.39, 0.29) is 24.7 Å². The minimum absolute atomic E-state index is 0.137. The summed E-state index contributed by atoms with van der Waals surface area (Å²) in [6.45, 7) is 0.472. The normalized spacial score (nSPS) is 10.1. The highest BCUT2D eigenvalue weighted by atomic mass is 79.9. The molecule has 2 aromatic rings. The summed E-state index contributed by atoms with van der Waals surface area (Å²) in [5, 5.41) is 11.0. The molecule has 0 N–H and O–H groups in total. The van der Waals surface area contributed by atoms with Gasteiger partial charge in [0.05, 0.1) is 18.1 Å². The lowest BCUT2D eigenvalue weighted by atomic mass is 10.3. The fourth-order valence-corrected chi connectivity index (χ4v) is 2.14. The lowest BCUT2D eigenvalue weighted by Gasteiger charge is -2.09. The summed E-state index contributed by atoms with van der Waals surface area (Å²) in [7, 11) is 1.45. The predicted molar refractivity (Wildman–Crippen MR) is 84.8 cm³/mol. The van der Waals surface area contributed by atoms with Crippen LogP contribution in [0.25, 0.3) is 0 Å². The van der Waals surface area contributed by atoms with Crippen LogP contribution in [-0.2, 0) is 0 Å². The minimum Gasteiger partial charge on any atom is -0.496 e. The van der Waals surface area contributed by atoms with Gasteiger partial charge in [0.1, 0.15) is 24.7 Å². The van der Waals surface area contributed by atoms with Gasteiger partial charge in [0.25, 0.3) is 0 Å². The third-order valence-corrected chi connectivity index (χ3v) is 3.26. The van der Waals surface area contributed by atoms with Crippen LogP contribution in [0.3, 0.4) is 0 Å². The third kappa shape index (κ3) is 4.36. The molecule has 0 atom stereocenters. The van der Waals surface area contributed by atoms with Gasteiger partial charge in [-0.1, -0.05) is 22.0 Å². The van der Waals surface area contributed by atoms with Gasteiger partial charge < -0.3 is 14.2 Å². The van der Waals surface area contributed by atoms with Gasteiger partial charge in [-0.3, -0.25) is 10.1 Å². The Bertz CT molecular complexity index is 662. The van der Waals surface area contributed by atoms with Gasteiger partial charge in [-0.15, -0.1) is 0 Å². The fraction of sp³-hybridized carbons (Fsp3) is 0.200. The van der Waals surface area contributed by atoms with Gasteiger partial charge in [0, 0.05) is 4.47 Å². The Morgan fingerprint density at radius 3 is 2.55 bits per heavy atom. The number of benzene rings is 2. The van der Waals surface area contributed by atoms with Crippen molar-refractivity contribution < 1.29 is 19.1 Å². The lowest BCUT2D eigenvalue weighted by Crippen LogP contribution is -2.10. The average molecular weight is 368 g/mol. The first-order valence-electron chi connectivity index (χ1n) is 6.44. The van der Waals surface area contributed by atoms with E-state index in [0.717, 1.165) is 4.47 Å². The molecule has 0 saturated heterocycles. The lowest BCUT2D eigenvalue weighted by molar-refractivity contribution is -0.385. The molecule has 0 amide bonds. The third-order valence-electron chi connectivity index (χ3n) is 2.77. The number of methoxy groups -OCH3 is 1. The van der Waals surface area contributed by atoms with E-state index >= 15 is 0 Å². The number of nitro groups is 1.